The number of ether oxygens (including phenoxy) is 3. The van der Waals surface area contributed by atoms with Crippen LogP contribution >= 0.6 is 11.3 Å². The van der Waals surface area contributed by atoms with Gasteiger partial charge in [0.1, 0.15) is 41.5 Å². The lowest BCUT2D eigenvalue weighted by atomic mass is 9.89. The van der Waals surface area contributed by atoms with Crippen molar-refractivity contribution in [2.24, 2.45) is 5.41 Å². The number of methoxy groups -OCH3 is 1. The summed E-state index contributed by atoms with van der Waals surface area (Å²) in [5, 5.41) is 21.9. The van der Waals surface area contributed by atoms with Gasteiger partial charge in [-0.2, -0.15) is 0 Å². The number of alkyl carbamates (subject to hydrolysis) is 1. The Morgan fingerprint density at radius 2 is 1.83 bits per heavy atom. The van der Waals surface area contributed by atoms with Gasteiger partial charge in [0.25, 0.3) is 0 Å². The van der Waals surface area contributed by atoms with E-state index in [9.17, 15) is 32.7 Å². The Morgan fingerprint density at radius 3 is 2.47 bits per heavy atom. The van der Waals surface area contributed by atoms with Crippen molar-refractivity contribution in [3.8, 4) is 22.9 Å². The number of allylic oxidation sites excluding steroid dienone is 1. The molecular weight excluding hydrogens is 863 g/mol. The molecule has 2 aliphatic heterocycles. The van der Waals surface area contributed by atoms with Crippen LogP contribution in [0.5, 0.6) is 11.5 Å². The molecule has 0 radical (unpaired) electrons. The number of nitrogens with one attached hydrogen (secondary N) is 3. The standard InChI is InChI=1S/C45H65N7O10S2/c1-11-45(41(55)56)20-16-14-12-13-15-17-32(49-43(57)62-38(44(6,7)8)25-51(9)64(58,59)28(4)5)40(54)52-24-30(22-36(52)39(53)50-45)61-37-23-34(35-26-63-42(48-35)46-27(2)3)47-33-21-29(60-10)18-19-31(33)37/h16,18-21,23,26-28,30,32,36,38H,11-15,17,22,24-25H2,1-10H3,(H,46,48)(H,49,57)(H,50,53)(H,55,56)/b20-16-/t30-,32+,36+,38?,45-/m1/s1. The summed E-state index contributed by atoms with van der Waals surface area (Å²) >= 11 is 1.44. The molecule has 352 valence electrons. The maximum atomic E-state index is 14.9. The van der Waals surface area contributed by atoms with Crippen LogP contribution < -0.4 is 25.4 Å². The number of benzene rings is 1. The van der Waals surface area contributed by atoms with E-state index in [1.807, 2.05) is 46.1 Å². The van der Waals surface area contributed by atoms with Crippen LogP contribution in [0, 0.1) is 5.41 Å². The Morgan fingerprint density at radius 1 is 1.09 bits per heavy atom. The molecule has 2 aliphatic rings. The summed E-state index contributed by atoms with van der Waals surface area (Å²) in [5.41, 5.74) is -0.720. The Hall–Kier alpha value is -5.01. The van der Waals surface area contributed by atoms with Crippen LogP contribution in [0.25, 0.3) is 22.3 Å². The van der Waals surface area contributed by atoms with E-state index in [0.717, 1.165) is 5.13 Å². The van der Waals surface area contributed by atoms with Crippen LogP contribution in [-0.2, 0) is 29.1 Å². The van der Waals surface area contributed by atoms with Crippen LogP contribution in [0.2, 0.25) is 0 Å². The van der Waals surface area contributed by atoms with Crippen LogP contribution in [0.1, 0.15) is 100 Å². The molecule has 1 saturated heterocycles. The monoisotopic (exact) mass is 927 g/mol. The Balaban J connectivity index is 1.51. The lowest BCUT2D eigenvalue weighted by molar-refractivity contribution is -0.147. The van der Waals surface area contributed by atoms with E-state index >= 15 is 0 Å². The Bertz CT molecular complexity index is 2290. The number of rotatable bonds is 14. The molecule has 1 fully saturated rings. The maximum absolute atomic E-state index is 14.9. The third-order valence-electron chi connectivity index (χ3n) is 11.6. The second-order valence-corrected chi connectivity index (χ2v) is 21.7. The van der Waals surface area contributed by atoms with E-state index in [1.165, 1.54) is 33.7 Å². The van der Waals surface area contributed by atoms with Crippen molar-refractivity contribution in [1.29, 1.82) is 0 Å². The number of aromatic nitrogens is 2. The molecule has 4 N–H and O–H groups in total. The number of carboxylic acids is 1. The third kappa shape index (κ3) is 12.0. The average Bonchev–Trinajstić information content (AvgIpc) is 3.88. The predicted molar refractivity (Wildman–Crippen MR) is 247 cm³/mol. The fourth-order valence-corrected chi connectivity index (χ4v) is 9.55. The van der Waals surface area contributed by atoms with Gasteiger partial charge < -0.3 is 40.2 Å². The lowest BCUT2D eigenvalue weighted by Crippen LogP contribution is -2.59. The van der Waals surface area contributed by atoms with Gasteiger partial charge in [-0.25, -0.2) is 32.3 Å². The molecule has 19 heteroatoms. The number of hydrogen-bond acceptors (Lipinski definition) is 13. The molecule has 64 heavy (non-hydrogen) atoms. The second kappa shape index (κ2) is 20.9. The van der Waals surface area contributed by atoms with Crippen molar-refractivity contribution < 1.29 is 46.9 Å². The van der Waals surface area contributed by atoms with Gasteiger partial charge in [0.15, 0.2) is 10.7 Å². The molecule has 2 aromatic heterocycles. The van der Waals surface area contributed by atoms with Crippen LogP contribution in [0.3, 0.4) is 0 Å². The topological polar surface area (TPSA) is 219 Å². The summed E-state index contributed by atoms with van der Waals surface area (Å²) in [6, 6.07) is 4.98. The minimum atomic E-state index is -3.67. The molecule has 3 amide bonds. The zero-order valence-corrected chi connectivity index (χ0v) is 40.2. The first kappa shape index (κ1) is 50.0. The number of anilines is 1. The largest absolute Gasteiger partial charge is 0.497 e. The zero-order chi connectivity index (χ0) is 47.1. The van der Waals surface area contributed by atoms with Crippen molar-refractivity contribution in [3.05, 3.63) is 41.8 Å². The molecular formula is C45H65N7O10S2. The molecule has 3 aromatic rings. The van der Waals surface area contributed by atoms with E-state index in [4.69, 9.17) is 24.2 Å². The minimum absolute atomic E-state index is 0.00487. The third-order valence-corrected chi connectivity index (χ3v) is 14.6. The first-order valence-electron chi connectivity index (χ1n) is 21.9. The van der Waals surface area contributed by atoms with E-state index in [2.05, 4.69) is 16.0 Å². The van der Waals surface area contributed by atoms with E-state index < -0.39 is 74.4 Å². The van der Waals surface area contributed by atoms with E-state index in [0.29, 0.717) is 59.5 Å². The van der Waals surface area contributed by atoms with E-state index in [-0.39, 0.29) is 38.4 Å². The predicted octanol–water partition coefficient (Wildman–Crippen LogP) is 6.58. The number of carboxylic acid groups (broad SMARTS) is 1. The molecule has 5 rings (SSSR count). The summed E-state index contributed by atoms with van der Waals surface area (Å²) in [7, 11) is -0.674. The summed E-state index contributed by atoms with van der Waals surface area (Å²) in [6.07, 6.45) is 3.35. The molecule has 1 unspecified atom stereocenters. The van der Waals surface area contributed by atoms with Crippen LogP contribution in [0.4, 0.5) is 9.93 Å². The molecule has 5 atom stereocenters. The Labute approximate surface area is 380 Å². The number of aliphatic carboxylic acids is 1. The fourth-order valence-electron chi connectivity index (χ4n) is 7.64. The summed E-state index contributed by atoms with van der Waals surface area (Å²) in [5.74, 6) is -1.50. The number of likely N-dealkylation sites (N-methyl/N-ethyl adjacent to an activating group) is 1. The van der Waals surface area contributed by atoms with Gasteiger partial charge in [-0.05, 0) is 65.5 Å². The molecule has 17 nitrogen and oxygen atoms in total. The number of nitrogens with zero attached hydrogens (tertiary/aromatic N) is 4. The SMILES string of the molecule is CC[C@]1(C(=O)O)/C=C\CCCCC[C@H](NC(=O)OC(CN(C)S(=O)(=O)C(C)C)C(C)(C)C)C(=O)N2C[C@H](Oc3cc(-c4csc(NC(C)C)n4)nc4cc(OC)ccc34)C[C@H]2C(=O)N1. The van der Waals surface area contributed by atoms with Gasteiger partial charge in [-0.15, -0.1) is 11.3 Å². The van der Waals surface area contributed by atoms with Crippen LogP contribution in [-0.4, -0.2) is 125 Å². The molecule has 4 heterocycles. The molecule has 0 saturated carbocycles. The minimum Gasteiger partial charge on any atom is -0.497 e. The average molecular weight is 928 g/mol. The first-order chi connectivity index (χ1) is 30.1. The number of pyridine rings is 1. The number of hydrogen-bond donors (Lipinski definition) is 4. The molecule has 0 spiro atoms. The number of thiazole rings is 1. The highest BCUT2D eigenvalue weighted by atomic mass is 32.2. The maximum Gasteiger partial charge on any atom is 0.408 e. The number of amides is 3. The van der Waals surface area contributed by atoms with Crippen LogP contribution in [0.15, 0.2) is 41.8 Å². The number of fused-ring (bicyclic) bond motifs is 2. The van der Waals surface area contributed by atoms with Crippen molar-refractivity contribution in [3.63, 3.8) is 0 Å². The van der Waals surface area contributed by atoms with Gasteiger partial charge in [-0.1, -0.05) is 52.7 Å². The zero-order valence-electron chi connectivity index (χ0n) is 38.6. The van der Waals surface area contributed by atoms with Crippen molar-refractivity contribution in [2.75, 3.05) is 32.6 Å². The van der Waals surface area contributed by atoms with Crippen molar-refractivity contribution in [2.45, 2.75) is 141 Å². The van der Waals surface area contributed by atoms with Gasteiger partial charge in [0.2, 0.25) is 21.8 Å². The highest BCUT2D eigenvalue weighted by Gasteiger charge is 2.47. The summed E-state index contributed by atoms with van der Waals surface area (Å²) < 4.78 is 45.3. The molecule has 1 aromatic carbocycles. The second-order valence-electron chi connectivity index (χ2n) is 18.2. The highest BCUT2D eigenvalue weighted by molar-refractivity contribution is 7.89. The Kier molecular flexibility index (Phi) is 16.3. The number of carbonyl (C=O) groups excluding carboxylic acids is 3. The fraction of sp³-hybridized carbons (Fsp3) is 0.600. The van der Waals surface area contributed by atoms with Gasteiger partial charge in [0.05, 0.1) is 36.7 Å². The molecule has 0 aliphatic carbocycles. The number of carbonyl (C=O) groups is 4. The van der Waals surface area contributed by atoms with E-state index in [1.54, 1.807) is 52.2 Å². The number of sulfonamides is 1. The lowest BCUT2D eigenvalue weighted by Gasteiger charge is -2.35. The van der Waals surface area contributed by atoms with Gasteiger partial charge >= 0.3 is 12.1 Å². The van der Waals surface area contributed by atoms with Crippen molar-refractivity contribution >= 4 is 61.3 Å². The molecule has 0 bridgehead atoms. The highest BCUT2D eigenvalue weighted by Crippen LogP contribution is 2.36. The van der Waals surface area contributed by atoms with Crippen molar-refractivity contribution in [1.82, 2.24) is 29.8 Å². The van der Waals surface area contributed by atoms with Gasteiger partial charge in [-0.3, -0.25) is 9.59 Å². The normalized spacial score (nSPS) is 22.5. The summed E-state index contributed by atoms with van der Waals surface area (Å²) in [4.78, 5) is 66.9. The van der Waals surface area contributed by atoms with Gasteiger partial charge in [0, 0.05) is 47.8 Å². The first-order valence-corrected chi connectivity index (χ1v) is 24.3. The summed E-state index contributed by atoms with van der Waals surface area (Å²) in [6.45, 7) is 14.1. The smallest absolute Gasteiger partial charge is 0.408 e. The quantitative estimate of drug-likeness (QED) is 0.126.